The number of carbonyl (C=O) groups excluding carboxylic acids is 2. The zero-order valence-corrected chi connectivity index (χ0v) is 17.5. The molecule has 2 atom stereocenters. The van der Waals surface area contributed by atoms with Crippen molar-refractivity contribution in [2.24, 2.45) is 14.1 Å². The summed E-state index contributed by atoms with van der Waals surface area (Å²) in [4.78, 5) is 24.6. The molecule has 0 bridgehead atoms. The number of rotatable bonds is 7. The Morgan fingerprint density at radius 1 is 1.04 bits per heavy atom. The molecule has 2 unspecified atom stereocenters. The van der Waals surface area contributed by atoms with Crippen molar-refractivity contribution in [1.82, 2.24) is 30.2 Å². The molecule has 2 aromatic heterocycles. The molecule has 156 valence electrons. The Hall–Kier alpha value is -2.24. The maximum absolute atomic E-state index is 12.3. The van der Waals surface area contributed by atoms with E-state index in [-0.39, 0.29) is 42.9 Å². The third-order valence-electron chi connectivity index (χ3n) is 4.15. The van der Waals surface area contributed by atoms with Crippen LogP contribution in [0, 0.1) is 0 Å². The second-order valence-corrected chi connectivity index (χ2v) is 6.30. The minimum absolute atomic E-state index is 0. The Morgan fingerprint density at radius 2 is 1.64 bits per heavy atom. The number of aryl methyl sites for hydroxylation is 2. The topological polar surface area (TPSA) is 131 Å². The van der Waals surface area contributed by atoms with E-state index < -0.39 is 0 Å². The molecule has 0 saturated carbocycles. The molecule has 1 fully saturated rings. The number of aromatic nitrogens is 2. The molecular formula is C16H26Cl2N8O2. The Bertz CT molecular complexity index is 835. The lowest BCUT2D eigenvalue weighted by atomic mass is 10.3. The highest BCUT2D eigenvalue weighted by Gasteiger charge is 2.27. The van der Waals surface area contributed by atoms with Crippen molar-refractivity contribution in [1.29, 1.82) is 0 Å². The van der Waals surface area contributed by atoms with Crippen LogP contribution in [0.2, 0.25) is 0 Å². The Kier molecular flexibility index (Phi) is 8.33. The Morgan fingerprint density at radius 3 is 2.21 bits per heavy atom. The molecule has 2 aromatic rings. The molecule has 0 radical (unpaired) electrons. The zero-order chi connectivity index (χ0) is 18.8. The van der Waals surface area contributed by atoms with E-state index in [1.54, 1.807) is 47.8 Å². The molecule has 3 rings (SSSR count). The summed E-state index contributed by atoms with van der Waals surface area (Å²) in [5, 5.41) is 10.8. The van der Waals surface area contributed by atoms with E-state index in [1.807, 2.05) is 12.1 Å². The van der Waals surface area contributed by atoms with Crippen LogP contribution in [-0.4, -0.2) is 52.4 Å². The van der Waals surface area contributed by atoms with Crippen LogP contribution < -0.4 is 27.1 Å². The van der Waals surface area contributed by atoms with E-state index in [2.05, 4.69) is 21.4 Å². The molecule has 2 amide bonds. The third-order valence-corrected chi connectivity index (χ3v) is 4.15. The first-order valence-electron chi connectivity index (χ1n) is 8.25. The highest BCUT2D eigenvalue weighted by Crippen LogP contribution is 2.16. The molecule has 0 aromatic carbocycles. The fraction of sp³-hybridized carbons (Fsp3) is 0.375. The van der Waals surface area contributed by atoms with Gasteiger partial charge in [-0.05, 0) is 12.1 Å². The highest BCUT2D eigenvalue weighted by molar-refractivity contribution is 6.04. The number of nitrogens with two attached hydrogens (primary N) is 1. The lowest BCUT2D eigenvalue weighted by Gasteiger charge is -2.06. The molecule has 6 N–H and O–H groups in total. The number of hydrazine groups is 1. The zero-order valence-electron chi connectivity index (χ0n) is 15.9. The Labute approximate surface area is 175 Å². The number of hydrogen-bond acceptors (Lipinski definition) is 6. The van der Waals surface area contributed by atoms with Crippen LogP contribution in [0.1, 0.15) is 21.0 Å². The van der Waals surface area contributed by atoms with Gasteiger partial charge in [0.2, 0.25) is 0 Å². The maximum Gasteiger partial charge on any atom is 0.272 e. The van der Waals surface area contributed by atoms with Crippen LogP contribution in [0.15, 0.2) is 24.5 Å². The molecule has 0 spiro atoms. The van der Waals surface area contributed by atoms with Gasteiger partial charge in [0.15, 0.2) is 0 Å². The fourth-order valence-electron chi connectivity index (χ4n) is 2.69. The summed E-state index contributed by atoms with van der Waals surface area (Å²) in [6.07, 6.45) is 3.54. The highest BCUT2D eigenvalue weighted by atomic mass is 35.5. The second kappa shape index (κ2) is 9.80. The van der Waals surface area contributed by atoms with E-state index in [0.717, 1.165) is 0 Å². The van der Waals surface area contributed by atoms with Crippen LogP contribution in [0.3, 0.4) is 0 Å². The number of hydrogen-bond donors (Lipinski definition) is 5. The summed E-state index contributed by atoms with van der Waals surface area (Å²) in [6, 6.07) is 3.24. The summed E-state index contributed by atoms with van der Waals surface area (Å²) in [7, 11) is 5.43. The van der Waals surface area contributed by atoms with Gasteiger partial charge in [-0.2, -0.15) is 0 Å². The van der Waals surface area contributed by atoms with Gasteiger partial charge in [-0.25, -0.2) is 10.4 Å². The predicted octanol–water partition coefficient (Wildman–Crippen LogP) is 0.0947. The average Bonchev–Trinajstić information content (AvgIpc) is 2.97. The summed E-state index contributed by atoms with van der Waals surface area (Å²) >= 11 is 0. The van der Waals surface area contributed by atoms with Gasteiger partial charge in [-0.3, -0.25) is 14.9 Å². The quantitative estimate of drug-likeness (QED) is 0.311. The molecule has 0 aliphatic carbocycles. The Balaban J connectivity index is 0.00000196. The largest absolute Gasteiger partial charge is 0.397 e. The second-order valence-electron chi connectivity index (χ2n) is 6.30. The number of carbonyl (C=O) groups is 2. The van der Waals surface area contributed by atoms with Gasteiger partial charge in [-0.15, -0.1) is 24.8 Å². The maximum atomic E-state index is 12.3. The van der Waals surface area contributed by atoms with Crippen LogP contribution in [0.25, 0.3) is 0 Å². The number of nitrogens with one attached hydrogen (secondary N) is 4. The fourth-order valence-corrected chi connectivity index (χ4v) is 2.69. The third kappa shape index (κ3) is 5.63. The number of nitrogen functional groups attached to an aromatic ring is 1. The molecule has 10 nitrogen and oxygen atoms in total. The van der Waals surface area contributed by atoms with Gasteiger partial charge < -0.3 is 25.5 Å². The van der Waals surface area contributed by atoms with E-state index >= 15 is 0 Å². The SMILES string of the molecule is CN1NC1NCCNC(=O)c1cc(NC(=O)c2cc(N)cn2C)cn1C.Cl.Cl. The van der Waals surface area contributed by atoms with Crippen LogP contribution in [0.4, 0.5) is 11.4 Å². The normalized spacial score (nSPS) is 17.2. The number of anilines is 2. The van der Waals surface area contributed by atoms with Gasteiger partial charge >= 0.3 is 0 Å². The van der Waals surface area contributed by atoms with Gasteiger partial charge in [0.05, 0.1) is 11.4 Å². The van der Waals surface area contributed by atoms with Crippen molar-refractivity contribution in [3.63, 3.8) is 0 Å². The van der Waals surface area contributed by atoms with Gasteiger partial charge in [0.1, 0.15) is 17.7 Å². The standard InChI is InChI=1S/C16H24N8O2.2ClH/c1-22-8-10(17)6-12(22)15(26)20-11-7-13(23(2)9-11)14(25)18-4-5-19-16-21-24(16)3;;/h6-9,16,19,21H,4-5,17H2,1-3H3,(H,18,25)(H,20,26);2*1H. The summed E-state index contributed by atoms with van der Waals surface area (Å²) in [5.74, 6) is -0.484. The van der Waals surface area contributed by atoms with E-state index in [4.69, 9.17) is 5.73 Å². The summed E-state index contributed by atoms with van der Waals surface area (Å²) in [5.41, 5.74) is 10.7. The minimum Gasteiger partial charge on any atom is -0.397 e. The molecule has 28 heavy (non-hydrogen) atoms. The van der Waals surface area contributed by atoms with Gasteiger partial charge in [-0.1, -0.05) is 0 Å². The molecule has 12 heteroatoms. The van der Waals surface area contributed by atoms with Crippen LogP contribution in [0.5, 0.6) is 0 Å². The van der Waals surface area contributed by atoms with Crippen LogP contribution >= 0.6 is 24.8 Å². The lowest BCUT2D eigenvalue weighted by molar-refractivity contribution is 0.0944. The first-order valence-corrected chi connectivity index (χ1v) is 8.25. The van der Waals surface area contributed by atoms with E-state index in [9.17, 15) is 9.59 Å². The summed E-state index contributed by atoms with van der Waals surface area (Å²) in [6.45, 7) is 1.15. The first-order chi connectivity index (χ1) is 12.3. The van der Waals surface area contributed by atoms with E-state index in [0.29, 0.717) is 35.9 Å². The van der Waals surface area contributed by atoms with Crippen molar-refractivity contribution in [2.45, 2.75) is 6.29 Å². The van der Waals surface area contributed by atoms with Crippen molar-refractivity contribution in [3.05, 3.63) is 35.9 Å². The first kappa shape index (κ1) is 23.8. The van der Waals surface area contributed by atoms with Crippen molar-refractivity contribution >= 4 is 48.0 Å². The van der Waals surface area contributed by atoms with Gasteiger partial charge in [0, 0.05) is 46.6 Å². The molecule has 1 aliphatic heterocycles. The summed E-state index contributed by atoms with van der Waals surface area (Å²) < 4.78 is 3.33. The van der Waals surface area contributed by atoms with Gasteiger partial charge in [0.25, 0.3) is 11.8 Å². The lowest BCUT2D eigenvalue weighted by Crippen LogP contribution is -2.34. The van der Waals surface area contributed by atoms with Crippen molar-refractivity contribution in [3.8, 4) is 0 Å². The van der Waals surface area contributed by atoms with E-state index in [1.165, 1.54) is 0 Å². The predicted molar refractivity (Wildman–Crippen MR) is 113 cm³/mol. The average molecular weight is 433 g/mol. The van der Waals surface area contributed by atoms with Crippen LogP contribution in [-0.2, 0) is 14.1 Å². The molecular weight excluding hydrogens is 407 g/mol. The van der Waals surface area contributed by atoms with Crippen molar-refractivity contribution in [2.75, 3.05) is 31.2 Å². The minimum atomic E-state index is -0.285. The van der Waals surface area contributed by atoms with Crippen molar-refractivity contribution < 1.29 is 9.59 Å². The monoisotopic (exact) mass is 432 g/mol. The molecule has 3 heterocycles. The molecule has 1 aliphatic rings. The number of nitrogens with zero attached hydrogens (tertiary/aromatic N) is 3. The number of halogens is 2. The number of amides is 2. The molecule has 1 saturated heterocycles. The smallest absolute Gasteiger partial charge is 0.272 e.